The van der Waals surface area contributed by atoms with Crippen LogP contribution in [0.1, 0.15) is 36.2 Å². The predicted octanol–water partition coefficient (Wildman–Crippen LogP) is 2.33. The van der Waals surface area contributed by atoms with Crippen molar-refractivity contribution in [2.24, 2.45) is 0 Å². The van der Waals surface area contributed by atoms with Crippen molar-refractivity contribution in [2.75, 3.05) is 25.0 Å². The molecule has 0 aromatic carbocycles. The van der Waals surface area contributed by atoms with Gasteiger partial charge >= 0.3 is 0 Å². The van der Waals surface area contributed by atoms with Gasteiger partial charge in [-0.05, 0) is 38.4 Å². The zero-order valence-electron chi connectivity index (χ0n) is 15.6. The Morgan fingerprint density at radius 1 is 1.26 bits per heavy atom. The molecule has 0 spiro atoms. The van der Waals surface area contributed by atoms with Crippen molar-refractivity contribution in [1.29, 1.82) is 0 Å². The molecule has 4 rings (SSSR count). The van der Waals surface area contributed by atoms with Crippen LogP contribution in [0.25, 0.3) is 11.5 Å². The fourth-order valence-electron chi connectivity index (χ4n) is 3.29. The smallest absolute Gasteiger partial charge is 0.246 e. The van der Waals surface area contributed by atoms with Gasteiger partial charge in [0.05, 0.1) is 12.2 Å². The van der Waals surface area contributed by atoms with Crippen LogP contribution in [-0.4, -0.2) is 45.2 Å². The van der Waals surface area contributed by atoms with Crippen LogP contribution in [0.5, 0.6) is 0 Å². The van der Waals surface area contributed by atoms with Gasteiger partial charge in [0.25, 0.3) is 0 Å². The number of anilines is 1. The lowest BCUT2D eigenvalue weighted by Gasteiger charge is -2.24. The molecule has 4 heterocycles. The number of pyridine rings is 1. The Labute approximate surface area is 158 Å². The van der Waals surface area contributed by atoms with Crippen LogP contribution in [0.15, 0.2) is 35.0 Å². The molecule has 1 aliphatic rings. The van der Waals surface area contributed by atoms with Crippen molar-refractivity contribution in [1.82, 2.24) is 30.4 Å². The normalized spacial score (nSPS) is 17.0. The van der Waals surface area contributed by atoms with Gasteiger partial charge in [-0.3, -0.25) is 4.98 Å². The Bertz CT molecular complexity index is 890. The van der Waals surface area contributed by atoms with E-state index in [-0.39, 0.29) is 0 Å². The molecule has 140 valence electrons. The first kappa shape index (κ1) is 17.5. The van der Waals surface area contributed by atoms with E-state index in [1.54, 1.807) is 6.20 Å². The minimum absolute atomic E-state index is 0.437. The van der Waals surface area contributed by atoms with Gasteiger partial charge in [-0.25, -0.2) is 9.97 Å². The number of hydrogen-bond acceptors (Lipinski definition) is 8. The van der Waals surface area contributed by atoms with E-state index in [4.69, 9.17) is 4.52 Å². The van der Waals surface area contributed by atoms with Crippen LogP contribution >= 0.6 is 0 Å². The first-order valence-electron chi connectivity index (χ1n) is 9.20. The number of piperidine rings is 1. The summed E-state index contributed by atoms with van der Waals surface area (Å²) in [6.07, 6.45) is 4.05. The molecule has 0 bridgehead atoms. The first-order valence-corrected chi connectivity index (χ1v) is 9.20. The number of rotatable bonds is 5. The Morgan fingerprint density at radius 2 is 2.19 bits per heavy atom. The molecule has 0 radical (unpaired) electrons. The molecule has 3 aromatic rings. The van der Waals surface area contributed by atoms with E-state index in [0.29, 0.717) is 29.9 Å². The molecule has 3 aromatic heterocycles. The lowest BCUT2D eigenvalue weighted by atomic mass is 9.96. The van der Waals surface area contributed by atoms with Crippen molar-refractivity contribution in [3.63, 3.8) is 0 Å². The maximum atomic E-state index is 5.39. The Kier molecular flexibility index (Phi) is 5.06. The molecule has 1 fully saturated rings. The second-order valence-electron chi connectivity index (χ2n) is 6.82. The third-order valence-corrected chi connectivity index (χ3v) is 4.69. The summed E-state index contributed by atoms with van der Waals surface area (Å²) in [5, 5.41) is 7.47. The third-order valence-electron chi connectivity index (χ3n) is 4.69. The minimum Gasteiger partial charge on any atom is -0.350 e. The van der Waals surface area contributed by atoms with Gasteiger partial charge in [0, 0.05) is 31.8 Å². The van der Waals surface area contributed by atoms with Crippen molar-refractivity contribution in [3.8, 4) is 11.5 Å². The second kappa shape index (κ2) is 7.79. The molecule has 1 saturated heterocycles. The van der Waals surface area contributed by atoms with Gasteiger partial charge in [-0.15, -0.1) is 0 Å². The summed E-state index contributed by atoms with van der Waals surface area (Å²) in [6.45, 7) is 4.46. The maximum Gasteiger partial charge on any atom is 0.246 e. The number of nitrogens with one attached hydrogen (secondary N) is 1. The summed E-state index contributed by atoms with van der Waals surface area (Å²) >= 11 is 0. The number of aromatic nitrogens is 5. The van der Waals surface area contributed by atoms with Crippen LogP contribution in [0.4, 0.5) is 5.82 Å². The lowest BCUT2D eigenvalue weighted by Crippen LogP contribution is -2.29. The summed E-state index contributed by atoms with van der Waals surface area (Å²) < 4.78 is 5.39. The van der Waals surface area contributed by atoms with Gasteiger partial charge in [-0.2, -0.15) is 4.98 Å². The van der Waals surface area contributed by atoms with Crippen LogP contribution in [0, 0.1) is 6.92 Å². The minimum atomic E-state index is 0.437. The number of hydrogen-bond donors (Lipinski definition) is 1. The highest BCUT2D eigenvalue weighted by atomic mass is 16.5. The average Bonchev–Trinajstić information content (AvgIpc) is 3.17. The summed E-state index contributed by atoms with van der Waals surface area (Å²) in [5.74, 6) is 3.09. The average molecular weight is 365 g/mol. The fourth-order valence-corrected chi connectivity index (χ4v) is 3.29. The molecule has 1 aliphatic heterocycles. The first-order chi connectivity index (χ1) is 13.2. The van der Waals surface area contributed by atoms with Crippen molar-refractivity contribution in [3.05, 3.63) is 47.9 Å². The van der Waals surface area contributed by atoms with Gasteiger partial charge in [0.1, 0.15) is 17.3 Å². The molecule has 0 unspecified atom stereocenters. The SMILES string of the molecule is Cc1nc([C@@H]2CCCNC2)cc(N(C)Cc2nc(-c3ccccn3)no2)n1. The lowest BCUT2D eigenvalue weighted by molar-refractivity contribution is 0.378. The van der Waals surface area contributed by atoms with E-state index in [0.717, 1.165) is 36.8 Å². The molecule has 1 atom stereocenters. The van der Waals surface area contributed by atoms with Crippen LogP contribution in [-0.2, 0) is 6.54 Å². The topological polar surface area (TPSA) is 92.9 Å². The monoisotopic (exact) mass is 365 g/mol. The van der Waals surface area contributed by atoms with E-state index in [1.807, 2.05) is 37.1 Å². The van der Waals surface area contributed by atoms with E-state index in [1.165, 1.54) is 6.42 Å². The molecule has 0 amide bonds. The Hall–Kier alpha value is -2.87. The quantitative estimate of drug-likeness (QED) is 0.736. The standard InChI is InChI=1S/C19H23N7O/c1-13-22-16(14-6-5-8-20-11-14)10-17(23-13)26(2)12-18-24-19(25-27-18)15-7-3-4-9-21-15/h3-4,7,9-10,14,20H,5-6,8,11-12H2,1-2H3/t14-/m1/s1. The molecule has 8 nitrogen and oxygen atoms in total. The Morgan fingerprint density at radius 3 is 2.96 bits per heavy atom. The summed E-state index contributed by atoms with van der Waals surface area (Å²) in [5.41, 5.74) is 1.79. The highest BCUT2D eigenvalue weighted by Gasteiger charge is 2.19. The predicted molar refractivity (Wildman–Crippen MR) is 101 cm³/mol. The highest BCUT2D eigenvalue weighted by Crippen LogP contribution is 2.25. The maximum absolute atomic E-state index is 5.39. The highest BCUT2D eigenvalue weighted by molar-refractivity contribution is 5.47. The van der Waals surface area contributed by atoms with Crippen LogP contribution in [0.3, 0.4) is 0 Å². The third kappa shape index (κ3) is 4.11. The molecule has 0 saturated carbocycles. The summed E-state index contributed by atoms with van der Waals surface area (Å²) in [7, 11) is 1.97. The van der Waals surface area contributed by atoms with E-state index < -0.39 is 0 Å². The number of nitrogens with zero attached hydrogens (tertiary/aromatic N) is 6. The second-order valence-corrected chi connectivity index (χ2v) is 6.82. The molecular weight excluding hydrogens is 342 g/mol. The van der Waals surface area contributed by atoms with Crippen molar-refractivity contribution >= 4 is 5.82 Å². The van der Waals surface area contributed by atoms with Gasteiger partial charge in [0.15, 0.2) is 0 Å². The molecular formula is C19H23N7O. The van der Waals surface area contributed by atoms with E-state index in [2.05, 4.69) is 36.5 Å². The summed E-state index contributed by atoms with van der Waals surface area (Å²) in [6, 6.07) is 7.68. The largest absolute Gasteiger partial charge is 0.350 e. The molecule has 8 heteroatoms. The van der Waals surface area contributed by atoms with Gasteiger partial charge in [-0.1, -0.05) is 11.2 Å². The zero-order valence-corrected chi connectivity index (χ0v) is 15.6. The fraction of sp³-hybridized carbons (Fsp3) is 0.421. The van der Waals surface area contributed by atoms with E-state index in [9.17, 15) is 0 Å². The molecule has 1 N–H and O–H groups in total. The summed E-state index contributed by atoms with van der Waals surface area (Å²) in [4.78, 5) is 19.9. The zero-order chi connectivity index (χ0) is 18.6. The van der Waals surface area contributed by atoms with Crippen molar-refractivity contribution < 1.29 is 4.52 Å². The Balaban J connectivity index is 1.50. The van der Waals surface area contributed by atoms with Gasteiger partial charge in [0.2, 0.25) is 11.7 Å². The number of aryl methyl sites for hydroxylation is 1. The van der Waals surface area contributed by atoms with Gasteiger partial charge < -0.3 is 14.7 Å². The van der Waals surface area contributed by atoms with E-state index >= 15 is 0 Å². The molecule has 0 aliphatic carbocycles. The van der Waals surface area contributed by atoms with Crippen molar-refractivity contribution in [2.45, 2.75) is 32.2 Å². The van der Waals surface area contributed by atoms with Crippen LogP contribution in [0.2, 0.25) is 0 Å². The molecule has 27 heavy (non-hydrogen) atoms. The van der Waals surface area contributed by atoms with Crippen LogP contribution < -0.4 is 10.2 Å².